The minimum Gasteiger partial charge on any atom is -0.241 e. The third-order valence-corrected chi connectivity index (χ3v) is 4.35. The number of hydrogen-bond donors (Lipinski definition) is 1. The summed E-state index contributed by atoms with van der Waals surface area (Å²) in [4.78, 5) is 6.06. The summed E-state index contributed by atoms with van der Waals surface area (Å²) in [5.74, 6) is 0.790. The molecule has 0 fully saturated rings. The number of hydrogen-bond acceptors (Lipinski definition) is 3. The van der Waals surface area contributed by atoms with Crippen LogP contribution in [0.4, 0.5) is 0 Å². The van der Waals surface area contributed by atoms with Crippen molar-refractivity contribution >= 4 is 24.0 Å². The Balaban J connectivity index is 2.39. The highest BCUT2D eigenvalue weighted by Crippen LogP contribution is 2.30. The molecule has 0 bridgehead atoms. The minimum atomic E-state index is 0.790. The first kappa shape index (κ1) is 12.7. The molecule has 17 heavy (non-hydrogen) atoms. The third kappa shape index (κ3) is 2.90. The van der Waals surface area contributed by atoms with Gasteiger partial charge in [-0.05, 0) is 19.4 Å². The van der Waals surface area contributed by atoms with Crippen LogP contribution in [0.15, 0.2) is 24.3 Å². The minimum absolute atomic E-state index is 0.790. The molecule has 1 aromatic heterocycles. The van der Waals surface area contributed by atoms with E-state index in [1.165, 1.54) is 21.7 Å². The summed E-state index contributed by atoms with van der Waals surface area (Å²) < 4.78 is 0. The first-order valence-electron chi connectivity index (χ1n) is 5.91. The van der Waals surface area contributed by atoms with Crippen LogP contribution in [-0.4, -0.2) is 4.98 Å². The fraction of sp³-hybridized carbons (Fsp3) is 0.357. The Hall–Kier alpha value is -0.800. The number of thiol groups is 1. The first-order valence-corrected chi connectivity index (χ1v) is 7.36. The van der Waals surface area contributed by atoms with E-state index in [1.807, 2.05) is 0 Å². The standard InChI is InChI=1S/C14H17NS2/c1-3-5-12-13(9-16)17-14(15-12)11-7-4-6-10(2)8-11/h4,6-8,16H,3,5,9H2,1-2H3. The van der Waals surface area contributed by atoms with Gasteiger partial charge in [0.25, 0.3) is 0 Å². The zero-order chi connectivity index (χ0) is 12.3. The van der Waals surface area contributed by atoms with Gasteiger partial charge in [0, 0.05) is 16.2 Å². The average molecular weight is 263 g/mol. The third-order valence-electron chi connectivity index (χ3n) is 2.67. The van der Waals surface area contributed by atoms with E-state index < -0.39 is 0 Å². The number of benzene rings is 1. The quantitative estimate of drug-likeness (QED) is 0.801. The predicted octanol–water partition coefficient (Wildman–Crippen LogP) is 4.50. The van der Waals surface area contributed by atoms with Gasteiger partial charge >= 0.3 is 0 Å². The number of thiazole rings is 1. The van der Waals surface area contributed by atoms with E-state index in [2.05, 4.69) is 50.7 Å². The van der Waals surface area contributed by atoms with Crippen molar-refractivity contribution in [2.24, 2.45) is 0 Å². The highest BCUT2D eigenvalue weighted by Gasteiger charge is 2.10. The van der Waals surface area contributed by atoms with Crippen LogP contribution in [0.3, 0.4) is 0 Å². The van der Waals surface area contributed by atoms with Gasteiger partial charge in [-0.2, -0.15) is 12.6 Å². The molecule has 0 atom stereocenters. The van der Waals surface area contributed by atoms with E-state index in [4.69, 9.17) is 4.98 Å². The summed E-state index contributed by atoms with van der Waals surface area (Å²) in [7, 11) is 0. The van der Waals surface area contributed by atoms with Gasteiger partial charge in [-0.3, -0.25) is 0 Å². The molecular weight excluding hydrogens is 246 g/mol. The van der Waals surface area contributed by atoms with Crippen LogP contribution in [0.2, 0.25) is 0 Å². The highest BCUT2D eigenvalue weighted by molar-refractivity contribution is 7.79. The molecule has 3 heteroatoms. The molecule has 0 N–H and O–H groups in total. The normalized spacial score (nSPS) is 10.8. The molecule has 0 amide bonds. The van der Waals surface area contributed by atoms with Crippen molar-refractivity contribution in [1.29, 1.82) is 0 Å². The van der Waals surface area contributed by atoms with E-state index in [-0.39, 0.29) is 0 Å². The van der Waals surface area contributed by atoms with Crippen LogP contribution in [0, 0.1) is 6.92 Å². The van der Waals surface area contributed by atoms with Crippen molar-refractivity contribution in [3.05, 3.63) is 40.4 Å². The molecule has 2 rings (SSSR count). The molecule has 1 aromatic carbocycles. The molecular formula is C14H17NS2. The maximum atomic E-state index is 4.75. The van der Waals surface area contributed by atoms with Crippen molar-refractivity contribution in [2.75, 3.05) is 0 Å². The van der Waals surface area contributed by atoms with Gasteiger partial charge in [-0.1, -0.05) is 37.1 Å². The Labute approximate surface area is 112 Å². The van der Waals surface area contributed by atoms with E-state index >= 15 is 0 Å². The van der Waals surface area contributed by atoms with Gasteiger partial charge < -0.3 is 0 Å². The molecule has 1 heterocycles. The van der Waals surface area contributed by atoms with Crippen molar-refractivity contribution in [2.45, 2.75) is 32.4 Å². The van der Waals surface area contributed by atoms with Crippen LogP contribution in [-0.2, 0) is 12.2 Å². The van der Waals surface area contributed by atoms with Crippen molar-refractivity contribution in [3.63, 3.8) is 0 Å². The lowest BCUT2D eigenvalue weighted by Crippen LogP contribution is -1.87. The molecule has 0 spiro atoms. The van der Waals surface area contributed by atoms with Crippen LogP contribution < -0.4 is 0 Å². The lowest BCUT2D eigenvalue weighted by atomic mass is 10.1. The Morgan fingerprint density at radius 2 is 2.18 bits per heavy atom. The van der Waals surface area contributed by atoms with Gasteiger partial charge in [-0.25, -0.2) is 4.98 Å². The van der Waals surface area contributed by atoms with Gasteiger partial charge in [0.05, 0.1) is 5.69 Å². The van der Waals surface area contributed by atoms with E-state index in [9.17, 15) is 0 Å². The average Bonchev–Trinajstić information content (AvgIpc) is 2.73. The SMILES string of the molecule is CCCc1nc(-c2cccc(C)c2)sc1CS. The molecule has 0 aliphatic heterocycles. The summed E-state index contributed by atoms with van der Waals surface area (Å²) >= 11 is 6.16. The fourth-order valence-electron chi connectivity index (χ4n) is 1.84. The Kier molecular flexibility index (Phi) is 4.24. The summed E-state index contributed by atoms with van der Waals surface area (Å²) in [6.07, 6.45) is 2.19. The van der Waals surface area contributed by atoms with Gasteiger partial charge in [-0.15, -0.1) is 11.3 Å². The van der Waals surface area contributed by atoms with Gasteiger partial charge in [0.15, 0.2) is 0 Å². The lowest BCUT2D eigenvalue weighted by Gasteiger charge is -1.97. The maximum Gasteiger partial charge on any atom is 0.123 e. The van der Waals surface area contributed by atoms with Crippen LogP contribution in [0.5, 0.6) is 0 Å². The summed E-state index contributed by atoms with van der Waals surface area (Å²) in [6.45, 7) is 4.30. The Morgan fingerprint density at radius 1 is 1.35 bits per heavy atom. The lowest BCUT2D eigenvalue weighted by molar-refractivity contribution is 0.884. The molecule has 2 aromatic rings. The zero-order valence-corrected chi connectivity index (χ0v) is 11.9. The maximum absolute atomic E-state index is 4.75. The number of nitrogens with zero attached hydrogens (tertiary/aromatic N) is 1. The molecule has 0 saturated carbocycles. The van der Waals surface area contributed by atoms with Crippen molar-refractivity contribution in [3.8, 4) is 10.6 Å². The van der Waals surface area contributed by atoms with Gasteiger partial charge in [0.1, 0.15) is 5.01 Å². The smallest absolute Gasteiger partial charge is 0.123 e. The fourth-order valence-corrected chi connectivity index (χ4v) is 3.18. The van der Waals surface area contributed by atoms with Crippen LogP contribution >= 0.6 is 24.0 Å². The van der Waals surface area contributed by atoms with Crippen LogP contribution in [0.1, 0.15) is 29.5 Å². The van der Waals surface area contributed by atoms with E-state index in [0.29, 0.717) is 0 Å². The summed E-state index contributed by atoms with van der Waals surface area (Å²) in [6, 6.07) is 8.52. The summed E-state index contributed by atoms with van der Waals surface area (Å²) in [5.41, 5.74) is 3.73. The van der Waals surface area contributed by atoms with E-state index in [0.717, 1.165) is 23.6 Å². The largest absolute Gasteiger partial charge is 0.241 e. The van der Waals surface area contributed by atoms with Crippen molar-refractivity contribution in [1.82, 2.24) is 4.98 Å². The predicted molar refractivity (Wildman–Crippen MR) is 79.0 cm³/mol. The molecule has 90 valence electrons. The second-order valence-electron chi connectivity index (χ2n) is 4.17. The number of aromatic nitrogens is 1. The molecule has 0 saturated heterocycles. The first-order chi connectivity index (χ1) is 8.24. The van der Waals surface area contributed by atoms with E-state index in [1.54, 1.807) is 11.3 Å². The monoisotopic (exact) mass is 263 g/mol. The second kappa shape index (κ2) is 5.69. The molecule has 0 unspecified atom stereocenters. The molecule has 0 aliphatic rings. The Morgan fingerprint density at radius 3 is 2.82 bits per heavy atom. The number of aryl methyl sites for hydroxylation is 2. The van der Waals surface area contributed by atoms with Gasteiger partial charge in [0.2, 0.25) is 0 Å². The zero-order valence-electron chi connectivity index (χ0n) is 10.2. The number of rotatable bonds is 4. The molecule has 0 radical (unpaired) electrons. The highest BCUT2D eigenvalue weighted by atomic mass is 32.1. The Bertz CT molecular complexity index is 503. The van der Waals surface area contributed by atoms with Crippen LogP contribution in [0.25, 0.3) is 10.6 Å². The van der Waals surface area contributed by atoms with Crippen molar-refractivity contribution < 1.29 is 0 Å². The topological polar surface area (TPSA) is 12.9 Å². The summed E-state index contributed by atoms with van der Waals surface area (Å²) in [5, 5.41) is 1.13. The molecule has 1 nitrogen and oxygen atoms in total. The molecule has 0 aliphatic carbocycles. The second-order valence-corrected chi connectivity index (χ2v) is 5.57.